The van der Waals surface area contributed by atoms with E-state index in [1.54, 1.807) is 0 Å². The lowest BCUT2D eigenvalue weighted by atomic mass is 9.63. The van der Waals surface area contributed by atoms with Gasteiger partial charge in [0.25, 0.3) is 0 Å². The highest BCUT2D eigenvalue weighted by Gasteiger charge is 2.38. The normalized spacial score (nSPS) is 17.0. The Morgan fingerprint density at radius 3 is 2.03 bits per heavy atom. The zero-order valence-corrected chi connectivity index (χ0v) is 19.2. The molecule has 1 aliphatic carbocycles. The van der Waals surface area contributed by atoms with Crippen LogP contribution in [-0.4, -0.2) is 6.54 Å². The predicted molar refractivity (Wildman–Crippen MR) is 128 cm³/mol. The monoisotopic (exact) mass is 392 g/mol. The van der Waals surface area contributed by atoms with E-state index < -0.39 is 0 Å². The molecule has 0 saturated heterocycles. The molecule has 2 aromatic carbocycles. The molecule has 0 fully saturated rings. The summed E-state index contributed by atoms with van der Waals surface area (Å²) in [5.41, 5.74) is 13.3. The lowest BCUT2D eigenvalue weighted by molar-refractivity contribution is 0.332. The zero-order valence-electron chi connectivity index (χ0n) is 19.2. The number of benzene rings is 2. The fourth-order valence-electron chi connectivity index (χ4n) is 4.72. The summed E-state index contributed by atoms with van der Waals surface area (Å²) in [4.78, 5) is 2.44. The fraction of sp³-hybridized carbons (Fsp3) is 0.556. The summed E-state index contributed by atoms with van der Waals surface area (Å²) in [7, 11) is 0. The van der Waals surface area contributed by atoms with Crippen molar-refractivity contribution in [2.24, 2.45) is 0 Å². The van der Waals surface area contributed by atoms with Crippen molar-refractivity contribution in [3.05, 3.63) is 53.6 Å². The second-order valence-corrected chi connectivity index (χ2v) is 10.1. The highest BCUT2D eigenvalue weighted by Crippen LogP contribution is 2.48. The number of rotatable bonds is 8. The first-order valence-electron chi connectivity index (χ1n) is 11.5. The smallest absolute Gasteiger partial charge is 0.0647 e. The van der Waals surface area contributed by atoms with Crippen molar-refractivity contribution in [2.45, 2.75) is 90.4 Å². The van der Waals surface area contributed by atoms with Gasteiger partial charge in [-0.15, -0.1) is 0 Å². The number of hydrogen-bond acceptors (Lipinski definition) is 2. The molecule has 0 spiro atoms. The predicted octanol–water partition coefficient (Wildman–Crippen LogP) is 7.73. The van der Waals surface area contributed by atoms with Crippen molar-refractivity contribution in [3.8, 4) is 0 Å². The van der Waals surface area contributed by atoms with E-state index in [0.29, 0.717) is 0 Å². The largest absolute Gasteiger partial charge is 0.397 e. The molecule has 0 atom stereocenters. The number of nitrogens with zero attached hydrogens (tertiary/aromatic N) is 1. The van der Waals surface area contributed by atoms with E-state index in [1.807, 2.05) is 0 Å². The van der Waals surface area contributed by atoms with Crippen LogP contribution >= 0.6 is 0 Å². The minimum atomic E-state index is 0.190. The second-order valence-electron chi connectivity index (χ2n) is 10.1. The molecular formula is C27H40N2. The van der Waals surface area contributed by atoms with Gasteiger partial charge in [-0.2, -0.15) is 0 Å². The van der Waals surface area contributed by atoms with Crippen molar-refractivity contribution in [1.82, 2.24) is 0 Å². The average Bonchev–Trinajstić information content (AvgIpc) is 2.69. The van der Waals surface area contributed by atoms with Gasteiger partial charge in [-0.1, -0.05) is 78.5 Å². The molecule has 1 aliphatic rings. The van der Waals surface area contributed by atoms with Gasteiger partial charge in [0.05, 0.1) is 11.4 Å². The third-order valence-electron chi connectivity index (χ3n) is 6.84. The highest BCUT2D eigenvalue weighted by atomic mass is 15.1. The van der Waals surface area contributed by atoms with E-state index in [0.717, 1.165) is 12.2 Å². The van der Waals surface area contributed by atoms with Gasteiger partial charge in [-0.25, -0.2) is 0 Å². The van der Waals surface area contributed by atoms with Gasteiger partial charge < -0.3 is 10.6 Å². The molecule has 158 valence electrons. The van der Waals surface area contributed by atoms with E-state index in [2.05, 4.69) is 82.0 Å². The van der Waals surface area contributed by atoms with E-state index in [4.69, 9.17) is 5.73 Å². The molecule has 0 radical (unpaired) electrons. The van der Waals surface area contributed by atoms with Crippen LogP contribution in [0.2, 0.25) is 0 Å². The number of fused-ring (bicyclic) bond motifs is 1. The Morgan fingerprint density at radius 1 is 0.828 bits per heavy atom. The van der Waals surface area contributed by atoms with Gasteiger partial charge in [-0.05, 0) is 65.5 Å². The Bertz CT molecular complexity index is 805. The van der Waals surface area contributed by atoms with E-state index in [9.17, 15) is 0 Å². The van der Waals surface area contributed by atoms with Crippen LogP contribution in [0.5, 0.6) is 0 Å². The molecule has 2 heteroatoms. The number of anilines is 3. The maximum Gasteiger partial charge on any atom is 0.0647 e. The molecule has 3 rings (SSSR count). The minimum Gasteiger partial charge on any atom is -0.397 e. The van der Waals surface area contributed by atoms with Crippen LogP contribution in [-0.2, 0) is 10.8 Å². The topological polar surface area (TPSA) is 29.3 Å². The lowest BCUT2D eigenvalue weighted by Crippen LogP contribution is -2.34. The Labute approximate surface area is 178 Å². The number of nitrogen functional groups attached to an aromatic ring is 1. The van der Waals surface area contributed by atoms with Crippen LogP contribution < -0.4 is 10.6 Å². The summed E-state index contributed by atoms with van der Waals surface area (Å²) in [6.45, 7) is 12.8. The summed E-state index contributed by atoms with van der Waals surface area (Å²) in [6, 6.07) is 15.4. The SMILES string of the molecule is CCCCCCCN(c1ccccc1)c1cc2c(cc1N)C(C)(C)CCC2(C)C. The molecule has 0 bridgehead atoms. The molecule has 2 nitrogen and oxygen atoms in total. The minimum absolute atomic E-state index is 0.190. The van der Waals surface area contributed by atoms with E-state index in [-0.39, 0.29) is 10.8 Å². The first-order chi connectivity index (χ1) is 13.8. The van der Waals surface area contributed by atoms with Crippen molar-refractivity contribution in [3.63, 3.8) is 0 Å². The summed E-state index contributed by atoms with van der Waals surface area (Å²) in [5, 5.41) is 0. The van der Waals surface area contributed by atoms with E-state index in [1.165, 1.54) is 67.4 Å². The third kappa shape index (κ3) is 4.79. The first kappa shape index (κ1) is 21.7. The van der Waals surface area contributed by atoms with Crippen molar-refractivity contribution < 1.29 is 0 Å². The molecule has 0 heterocycles. The number of unbranched alkanes of at least 4 members (excludes halogenated alkanes) is 4. The average molecular weight is 393 g/mol. The zero-order chi connectivity index (χ0) is 21.1. The van der Waals surface area contributed by atoms with Crippen molar-refractivity contribution in [2.75, 3.05) is 17.2 Å². The molecule has 0 aliphatic heterocycles. The maximum absolute atomic E-state index is 6.70. The standard InChI is InChI=1S/C27H40N2/c1-6-7-8-9-13-18-29(21-14-11-10-12-15-21)25-20-23-22(19-24(25)28)26(2,3)16-17-27(23,4)5/h10-12,14-15,19-20H,6-9,13,16-18,28H2,1-5H3. The Morgan fingerprint density at radius 2 is 1.41 bits per heavy atom. The molecule has 0 aromatic heterocycles. The van der Waals surface area contributed by atoms with Crippen LogP contribution in [0.1, 0.15) is 90.7 Å². The molecular weight excluding hydrogens is 352 g/mol. The fourth-order valence-corrected chi connectivity index (χ4v) is 4.72. The summed E-state index contributed by atoms with van der Waals surface area (Å²) in [6.07, 6.45) is 8.84. The highest BCUT2D eigenvalue weighted by molar-refractivity contribution is 5.77. The van der Waals surface area contributed by atoms with Crippen LogP contribution in [0.3, 0.4) is 0 Å². The van der Waals surface area contributed by atoms with Gasteiger partial charge in [0.15, 0.2) is 0 Å². The maximum atomic E-state index is 6.70. The third-order valence-corrected chi connectivity index (χ3v) is 6.84. The van der Waals surface area contributed by atoms with Gasteiger partial charge in [-0.3, -0.25) is 0 Å². The van der Waals surface area contributed by atoms with E-state index >= 15 is 0 Å². The summed E-state index contributed by atoms with van der Waals surface area (Å²) in [5.74, 6) is 0. The Balaban J connectivity index is 1.99. The molecule has 2 aromatic rings. The summed E-state index contributed by atoms with van der Waals surface area (Å²) >= 11 is 0. The van der Waals surface area contributed by atoms with Gasteiger partial charge in [0, 0.05) is 12.2 Å². The van der Waals surface area contributed by atoms with Crippen molar-refractivity contribution >= 4 is 17.1 Å². The molecule has 0 saturated carbocycles. The van der Waals surface area contributed by atoms with Crippen LogP contribution in [0.15, 0.2) is 42.5 Å². The quantitative estimate of drug-likeness (QED) is 0.368. The van der Waals surface area contributed by atoms with Gasteiger partial charge in [0.2, 0.25) is 0 Å². The van der Waals surface area contributed by atoms with Crippen molar-refractivity contribution in [1.29, 1.82) is 0 Å². The molecule has 2 N–H and O–H groups in total. The number of nitrogens with two attached hydrogens (primary N) is 1. The molecule has 0 amide bonds. The summed E-state index contributed by atoms with van der Waals surface area (Å²) < 4.78 is 0. The molecule has 0 unspecified atom stereocenters. The van der Waals surface area contributed by atoms with Crippen LogP contribution in [0.4, 0.5) is 17.1 Å². The first-order valence-corrected chi connectivity index (χ1v) is 11.5. The van der Waals surface area contributed by atoms with Gasteiger partial charge in [0.1, 0.15) is 0 Å². The number of para-hydroxylation sites is 1. The van der Waals surface area contributed by atoms with Crippen LogP contribution in [0.25, 0.3) is 0 Å². The Kier molecular flexibility index (Phi) is 6.61. The number of hydrogen-bond donors (Lipinski definition) is 1. The van der Waals surface area contributed by atoms with Gasteiger partial charge >= 0.3 is 0 Å². The molecule has 29 heavy (non-hydrogen) atoms. The Hall–Kier alpha value is -1.96. The lowest BCUT2D eigenvalue weighted by Gasteiger charge is -2.43. The second kappa shape index (κ2) is 8.81. The van der Waals surface area contributed by atoms with Crippen LogP contribution in [0, 0.1) is 0 Å².